The summed E-state index contributed by atoms with van der Waals surface area (Å²) in [5, 5.41) is 9.68. The number of alkyl halides is 3. The minimum Gasteiger partial charge on any atom is -0.376 e. The van der Waals surface area contributed by atoms with E-state index >= 15 is 0 Å². The van der Waals surface area contributed by atoms with E-state index in [2.05, 4.69) is 0 Å². The molecule has 0 spiro atoms. The van der Waals surface area contributed by atoms with Gasteiger partial charge in [0.15, 0.2) is 5.60 Å². The molecule has 0 aliphatic heterocycles. The van der Waals surface area contributed by atoms with Crippen LogP contribution in [0.25, 0.3) is 0 Å². The maximum Gasteiger partial charge on any atom is 0.421 e. The van der Waals surface area contributed by atoms with Crippen LogP contribution in [0.3, 0.4) is 0 Å². The molecule has 15 heavy (non-hydrogen) atoms. The van der Waals surface area contributed by atoms with Crippen molar-refractivity contribution in [3.05, 3.63) is 33.8 Å². The molecule has 0 bridgehead atoms. The van der Waals surface area contributed by atoms with Crippen molar-refractivity contribution in [3.63, 3.8) is 0 Å². The topological polar surface area (TPSA) is 20.2 Å². The fraction of sp³-hybridized carbons (Fsp3) is 0.400. The molecule has 1 aliphatic carbocycles. The van der Waals surface area contributed by atoms with E-state index in [4.69, 9.17) is 11.6 Å². The van der Waals surface area contributed by atoms with Gasteiger partial charge in [0.1, 0.15) is 0 Å². The molecule has 0 fully saturated rings. The highest BCUT2D eigenvalue weighted by Gasteiger charge is 2.60. The van der Waals surface area contributed by atoms with Gasteiger partial charge in [-0.05, 0) is 29.7 Å². The van der Waals surface area contributed by atoms with Crippen LogP contribution in [0, 0.1) is 6.92 Å². The van der Waals surface area contributed by atoms with Crippen molar-refractivity contribution in [2.75, 3.05) is 0 Å². The minimum atomic E-state index is -4.64. The molecule has 1 unspecified atom stereocenters. The molecule has 1 N–H and O–H groups in total. The first-order chi connectivity index (χ1) is 6.75. The number of hydrogen-bond acceptors (Lipinski definition) is 1. The predicted molar refractivity (Wildman–Crippen MR) is 49.8 cm³/mol. The first kappa shape index (κ1) is 10.8. The van der Waals surface area contributed by atoms with Crippen molar-refractivity contribution >= 4 is 11.6 Å². The monoisotopic (exact) mass is 236 g/mol. The average molecular weight is 237 g/mol. The summed E-state index contributed by atoms with van der Waals surface area (Å²) in [5.74, 6) is 0. The molecule has 0 radical (unpaired) electrons. The normalized spacial score (nSPS) is 24.7. The smallest absolute Gasteiger partial charge is 0.376 e. The fourth-order valence-electron chi connectivity index (χ4n) is 1.79. The van der Waals surface area contributed by atoms with Gasteiger partial charge in [0.05, 0.1) is 0 Å². The molecule has 0 heterocycles. The maximum atomic E-state index is 12.5. The zero-order chi connectivity index (χ0) is 11.4. The highest BCUT2D eigenvalue weighted by Crippen LogP contribution is 2.50. The number of halogens is 4. The molecule has 2 rings (SSSR count). The van der Waals surface area contributed by atoms with Crippen molar-refractivity contribution in [2.24, 2.45) is 0 Å². The van der Waals surface area contributed by atoms with Crippen LogP contribution in [0.2, 0.25) is 5.02 Å². The fourth-order valence-corrected chi connectivity index (χ4v) is 1.95. The Hall–Kier alpha value is -0.740. The van der Waals surface area contributed by atoms with Crippen molar-refractivity contribution in [1.29, 1.82) is 0 Å². The van der Waals surface area contributed by atoms with Gasteiger partial charge in [-0.3, -0.25) is 0 Å². The maximum absolute atomic E-state index is 12.5. The van der Waals surface area contributed by atoms with Crippen LogP contribution in [0.4, 0.5) is 13.2 Å². The van der Waals surface area contributed by atoms with E-state index in [1.165, 1.54) is 6.07 Å². The third-order valence-corrected chi connectivity index (χ3v) is 3.15. The van der Waals surface area contributed by atoms with Gasteiger partial charge in [0, 0.05) is 11.4 Å². The van der Waals surface area contributed by atoms with Gasteiger partial charge >= 0.3 is 6.18 Å². The van der Waals surface area contributed by atoms with Gasteiger partial charge in [-0.25, -0.2) is 0 Å². The lowest BCUT2D eigenvalue weighted by Gasteiger charge is -2.41. The Kier molecular flexibility index (Phi) is 2.07. The lowest BCUT2D eigenvalue weighted by molar-refractivity contribution is -0.275. The van der Waals surface area contributed by atoms with E-state index in [0.717, 1.165) is 5.56 Å². The minimum absolute atomic E-state index is 0.120. The molecule has 1 aliphatic rings. The van der Waals surface area contributed by atoms with E-state index in [9.17, 15) is 18.3 Å². The van der Waals surface area contributed by atoms with Crippen LogP contribution in [-0.2, 0) is 12.0 Å². The van der Waals surface area contributed by atoms with Crippen LogP contribution in [0.5, 0.6) is 0 Å². The van der Waals surface area contributed by atoms with Gasteiger partial charge in [0.25, 0.3) is 0 Å². The van der Waals surface area contributed by atoms with Gasteiger partial charge in [0.2, 0.25) is 0 Å². The molecule has 0 aromatic heterocycles. The Labute approximate surface area is 89.5 Å². The van der Waals surface area contributed by atoms with Crippen molar-refractivity contribution < 1.29 is 18.3 Å². The van der Waals surface area contributed by atoms with E-state index in [0.29, 0.717) is 5.56 Å². The van der Waals surface area contributed by atoms with Gasteiger partial charge in [-0.1, -0.05) is 17.7 Å². The highest BCUT2D eigenvalue weighted by molar-refractivity contribution is 6.31. The van der Waals surface area contributed by atoms with E-state index in [1.807, 2.05) is 0 Å². The third-order valence-electron chi connectivity index (χ3n) is 2.75. The van der Waals surface area contributed by atoms with E-state index < -0.39 is 11.8 Å². The summed E-state index contributed by atoms with van der Waals surface area (Å²) in [6.45, 7) is 1.72. The summed E-state index contributed by atoms with van der Waals surface area (Å²) in [7, 11) is 0. The quantitative estimate of drug-likeness (QED) is 0.734. The Morgan fingerprint density at radius 1 is 1.40 bits per heavy atom. The van der Waals surface area contributed by atoms with E-state index in [1.54, 1.807) is 13.0 Å². The van der Waals surface area contributed by atoms with Gasteiger partial charge in [-0.15, -0.1) is 0 Å². The summed E-state index contributed by atoms with van der Waals surface area (Å²) in [4.78, 5) is 0. The molecule has 82 valence electrons. The molecule has 1 atom stereocenters. The van der Waals surface area contributed by atoms with Crippen LogP contribution in [0.15, 0.2) is 12.1 Å². The number of aliphatic hydroxyl groups is 1. The largest absolute Gasteiger partial charge is 0.421 e. The molecule has 5 heteroatoms. The SMILES string of the molecule is Cc1cc2c(cc1Cl)C(O)(C(F)(F)F)C2. The summed E-state index contributed by atoms with van der Waals surface area (Å²) in [6, 6.07) is 2.78. The average Bonchev–Trinajstić information content (AvgIpc) is 2.09. The van der Waals surface area contributed by atoms with Gasteiger partial charge < -0.3 is 5.11 Å². The number of hydrogen-bond donors (Lipinski definition) is 1. The molecule has 0 amide bonds. The zero-order valence-electron chi connectivity index (χ0n) is 7.82. The lowest BCUT2D eigenvalue weighted by Crippen LogP contribution is -2.51. The second-order valence-electron chi connectivity index (χ2n) is 3.79. The highest BCUT2D eigenvalue weighted by atomic mass is 35.5. The molecule has 1 aromatic rings. The molecule has 1 nitrogen and oxygen atoms in total. The second kappa shape index (κ2) is 2.89. The van der Waals surface area contributed by atoms with Gasteiger partial charge in [-0.2, -0.15) is 13.2 Å². The number of fused-ring (bicyclic) bond motifs is 1. The third kappa shape index (κ3) is 1.35. The number of benzene rings is 1. The molecular formula is C10H8ClF3O. The van der Waals surface area contributed by atoms with Crippen molar-refractivity contribution in [1.82, 2.24) is 0 Å². The van der Waals surface area contributed by atoms with Crippen LogP contribution in [0.1, 0.15) is 16.7 Å². The summed E-state index contributed by atoms with van der Waals surface area (Å²) >= 11 is 5.72. The van der Waals surface area contributed by atoms with Crippen molar-refractivity contribution in [3.8, 4) is 0 Å². The second-order valence-corrected chi connectivity index (χ2v) is 4.20. The van der Waals surface area contributed by atoms with Crippen LogP contribution >= 0.6 is 11.6 Å². The van der Waals surface area contributed by atoms with Crippen molar-refractivity contribution in [2.45, 2.75) is 25.1 Å². The summed E-state index contributed by atoms with van der Waals surface area (Å²) in [5.41, 5.74) is -1.60. The Balaban J connectivity index is 2.51. The summed E-state index contributed by atoms with van der Waals surface area (Å²) in [6.07, 6.45) is -5.03. The first-order valence-electron chi connectivity index (χ1n) is 4.34. The van der Waals surface area contributed by atoms with Crippen LogP contribution in [-0.4, -0.2) is 11.3 Å². The molecule has 0 saturated carbocycles. The Bertz CT molecular complexity index is 427. The first-order valence-corrected chi connectivity index (χ1v) is 4.72. The number of rotatable bonds is 0. The van der Waals surface area contributed by atoms with E-state index in [-0.39, 0.29) is 17.0 Å². The predicted octanol–water partition coefficient (Wildman–Crippen LogP) is 2.95. The zero-order valence-corrected chi connectivity index (χ0v) is 8.58. The molecular weight excluding hydrogens is 229 g/mol. The van der Waals surface area contributed by atoms with Crippen LogP contribution < -0.4 is 0 Å². The molecule has 1 aromatic carbocycles. The number of aryl methyl sites for hydroxylation is 1. The Morgan fingerprint density at radius 3 is 2.53 bits per heavy atom. The molecule has 0 saturated heterocycles. The summed E-state index contributed by atoms with van der Waals surface area (Å²) < 4.78 is 37.5. The lowest BCUT2D eigenvalue weighted by atomic mass is 9.72. The Morgan fingerprint density at radius 2 is 2.00 bits per heavy atom. The standard InChI is InChI=1S/C10H8ClF3O/c1-5-2-6-4-9(15,10(12,13)14)7(6)3-8(5)11/h2-3,15H,4H2,1H3.